The number of benzene rings is 3. The van der Waals surface area contributed by atoms with Gasteiger partial charge in [0.15, 0.2) is 11.5 Å². The monoisotopic (exact) mass is 554 g/mol. The molecule has 3 aromatic carbocycles. The second kappa shape index (κ2) is 11.6. The van der Waals surface area contributed by atoms with E-state index in [1.807, 2.05) is 30.3 Å². The molecule has 4 aromatic rings. The van der Waals surface area contributed by atoms with E-state index in [1.54, 1.807) is 24.3 Å². The van der Waals surface area contributed by atoms with E-state index >= 15 is 0 Å². The first-order valence-electron chi connectivity index (χ1n) is 11.4. The third-order valence-corrected chi connectivity index (χ3v) is 8.30. The number of rotatable bonds is 10. The minimum atomic E-state index is -4.11. The summed E-state index contributed by atoms with van der Waals surface area (Å²) in [5, 5.41) is 3.55. The molecular weight excluding hydrogens is 528 g/mol. The molecule has 0 aliphatic heterocycles. The number of anilines is 1. The predicted octanol–water partition coefficient (Wildman–Crippen LogP) is 4.23. The van der Waals surface area contributed by atoms with Crippen LogP contribution in [0.5, 0.6) is 11.5 Å². The van der Waals surface area contributed by atoms with Crippen LogP contribution >= 0.6 is 11.3 Å². The van der Waals surface area contributed by atoms with E-state index in [1.165, 1.54) is 50.9 Å². The number of hydrogen-bond donors (Lipinski definition) is 2. The highest BCUT2D eigenvalue weighted by molar-refractivity contribution is 7.89. The second-order valence-electron chi connectivity index (χ2n) is 8.22. The predicted molar refractivity (Wildman–Crippen MR) is 146 cm³/mol. The van der Waals surface area contributed by atoms with Crippen LogP contribution in [0, 0.1) is 0 Å². The smallest absolute Gasteiger partial charge is 0.348 e. The van der Waals surface area contributed by atoms with Crippen molar-refractivity contribution in [3.05, 3.63) is 83.2 Å². The Hall–Kier alpha value is -3.93. The van der Waals surface area contributed by atoms with Crippen LogP contribution in [0.25, 0.3) is 10.1 Å². The van der Waals surface area contributed by atoms with E-state index < -0.39 is 27.9 Å². The van der Waals surface area contributed by atoms with E-state index in [2.05, 4.69) is 10.0 Å². The van der Waals surface area contributed by atoms with Gasteiger partial charge < -0.3 is 19.5 Å². The molecule has 1 aromatic heterocycles. The number of methoxy groups -OCH3 is 3. The Morgan fingerprint density at radius 3 is 2.32 bits per heavy atom. The number of esters is 1. The molecule has 0 fully saturated rings. The van der Waals surface area contributed by atoms with Crippen molar-refractivity contribution < 1.29 is 32.2 Å². The molecule has 4 rings (SSSR count). The molecule has 0 aliphatic rings. The molecular formula is C27H26N2O7S2. The van der Waals surface area contributed by atoms with Gasteiger partial charge in [-0.3, -0.25) is 4.79 Å². The zero-order valence-electron chi connectivity index (χ0n) is 20.9. The van der Waals surface area contributed by atoms with Crippen LogP contribution in [-0.2, 0) is 26.0 Å². The third kappa shape index (κ3) is 6.13. The molecule has 2 N–H and O–H groups in total. The maximum absolute atomic E-state index is 13.4. The Morgan fingerprint density at radius 2 is 1.63 bits per heavy atom. The van der Waals surface area contributed by atoms with Crippen LogP contribution in [0.4, 0.5) is 5.69 Å². The molecule has 1 amide bonds. The van der Waals surface area contributed by atoms with Crippen LogP contribution in [0.15, 0.2) is 77.7 Å². The van der Waals surface area contributed by atoms with Crippen molar-refractivity contribution >= 4 is 49.0 Å². The minimum absolute atomic E-state index is 0.0731. The maximum atomic E-state index is 13.4. The third-order valence-electron chi connectivity index (χ3n) is 5.73. The number of amides is 1. The largest absolute Gasteiger partial charge is 0.493 e. The quantitative estimate of drug-likeness (QED) is 0.282. The number of fused-ring (bicyclic) bond motifs is 1. The number of sulfonamides is 1. The zero-order chi connectivity index (χ0) is 27.3. The average molecular weight is 555 g/mol. The summed E-state index contributed by atoms with van der Waals surface area (Å²) in [5.74, 6) is -0.357. The van der Waals surface area contributed by atoms with E-state index in [9.17, 15) is 18.0 Å². The van der Waals surface area contributed by atoms with Crippen molar-refractivity contribution in [3.8, 4) is 11.5 Å². The number of carbonyl (C=O) groups is 2. The summed E-state index contributed by atoms with van der Waals surface area (Å²) in [5.41, 5.74) is 1.23. The van der Waals surface area contributed by atoms with Gasteiger partial charge in [0.25, 0.3) is 0 Å². The summed E-state index contributed by atoms with van der Waals surface area (Å²) in [7, 11) is 0.0605. The highest BCUT2D eigenvalue weighted by Gasteiger charge is 2.27. The first-order valence-corrected chi connectivity index (χ1v) is 13.7. The first-order chi connectivity index (χ1) is 18.2. The van der Waals surface area contributed by atoms with Gasteiger partial charge in [-0.05, 0) is 53.8 Å². The fourth-order valence-electron chi connectivity index (χ4n) is 3.83. The van der Waals surface area contributed by atoms with Crippen LogP contribution < -0.4 is 19.5 Å². The van der Waals surface area contributed by atoms with E-state index in [4.69, 9.17) is 14.2 Å². The summed E-state index contributed by atoms with van der Waals surface area (Å²) in [6.07, 6.45) is 0.117. The average Bonchev–Trinajstić information content (AvgIpc) is 3.35. The van der Waals surface area contributed by atoms with Crippen LogP contribution in [0.2, 0.25) is 0 Å². The Kier molecular flexibility index (Phi) is 8.30. The van der Waals surface area contributed by atoms with Crippen molar-refractivity contribution in [2.24, 2.45) is 0 Å². The summed E-state index contributed by atoms with van der Waals surface area (Å²) in [6.45, 7) is 0. The molecule has 9 nitrogen and oxygen atoms in total. The summed E-state index contributed by atoms with van der Waals surface area (Å²) >= 11 is 1.28. The molecule has 0 unspecified atom stereocenters. The highest BCUT2D eigenvalue weighted by Crippen LogP contribution is 2.30. The molecule has 38 heavy (non-hydrogen) atoms. The van der Waals surface area contributed by atoms with Gasteiger partial charge in [-0.15, -0.1) is 11.3 Å². The van der Waals surface area contributed by atoms with Crippen molar-refractivity contribution in [2.45, 2.75) is 17.4 Å². The molecule has 0 aliphatic carbocycles. The van der Waals surface area contributed by atoms with Gasteiger partial charge in [0, 0.05) is 16.5 Å². The topological polar surface area (TPSA) is 120 Å². The number of nitrogens with one attached hydrogen (secondary N) is 2. The Balaban J connectivity index is 1.61. The fourth-order valence-corrected chi connectivity index (χ4v) is 6.00. The number of ether oxygens (including phenoxy) is 3. The van der Waals surface area contributed by atoms with E-state index in [-0.39, 0.29) is 17.1 Å². The lowest BCUT2D eigenvalue weighted by atomic mass is 10.1. The first kappa shape index (κ1) is 27.1. The minimum Gasteiger partial charge on any atom is -0.493 e. The van der Waals surface area contributed by atoms with E-state index in [0.717, 1.165) is 15.6 Å². The van der Waals surface area contributed by atoms with Gasteiger partial charge in [-0.2, -0.15) is 4.72 Å². The van der Waals surface area contributed by atoms with E-state index in [0.29, 0.717) is 16.3 Å². The van der Waals surface area contributed by atoms with Gasteiger partial charge >= 0.3 is 5.97 Å². The fraction of sp³-hybridized carbons (Fsp3) is 0.185. The van der Waals surface area contributed by atoms with Crippen LogP contribution in [-0.4, -0.2) is 47.7 Å². The van der Waals surface area contributed by atoms with Gasteiger partial charge in [0.1, 0.15) is 10.9 Å². The van der Waals surface area contributed by atoms with Gasteiger partial charge in [-0.25, -0.2) is 13.2 Å². The SMILES string of the molecule is COC(=O)c1cc2cc(NC(=O)[C@@H](Cc3ccccc3)NS(=O)(=O)c3ccc(OC)c(OC)c3)ccc2s1. The molecule has 198 valence electrons. The normalized spacial score (nSPS) is 12.1. The lowest BCUT2D eigenvalue weighted by molar-refractivity contribution is -0.117. The zero-order valence-corrected chi connectivity index (χ0v) is 22.5. The standard InChI is InChI=1S/C27H26N2O7S2/c1-34-22-11-10-20(16-23(22)35-2)38(32,33)29-21(13-17-7-5-4-6-8-17)26(30)28-19-9-12-24-18(14-19)15-25(37-24)27(31)36-3/h4-12,14-16,21,29H,13H2,1-3H3,(H,28,30)/t21-/m1/s1. The van der Waals surface area contributed by atoms with Crippen LogP contribution in [0.3, 0.4) is 0 Å². The lowest BCUT2D eigenvalue weighted by Gasteiger charge is -2.19. The summed E-state index contributed by atoms with van der Waals surface area (Å²) in [6, 6.07) is 19.1. The molecule has 0 spiro atoms. The molecule has 11 heteroatoms. The maximum Gasteiger partial charge on any atom is 0.348 e. The molecule has 0 radical (unpaired) electrons. The summed E-state index contributed by atoms with van der Waals surface area (Å²) < 4.78 is 45.2. The number of hydrogen-bond acceptors (Lipinski definition) is 8. The van der Waals surface area contributed by atoms with Crippen molar-refractivity contribution in [2.75, 3.05) is 26.6 Å². The molecule has 0 bridgehead atoms. The van der Waals surface area contributed by atoms with Gasteiger partial charge in [-0.1, -0.05) is 30.3 Å². The van der Waals surface area contributed by atoms with Gasteiger partial charge in [0.05, 0.1) is 26.2 Å². The highest BCUT2D eigenvalue weighted by atomic mass is 32.2. The Bertz CT molecular complexity index is 1570. The molecule has 1 heterocycles. The van der Waals surface area contributed by atoms with Crippen molar-refractivity contribution in [1.82, 2.24) is 4.72 Å². The van der Waals surface area contributed by atoms with Crippen molar-refractivity contribution in [3.63, 3.8) is 0 Å². The Morgan fingerprint density at radius 1 is 0.895 bits per heavy atom. The Labute approximate surface area is 224 Å². The lowest BCUT2D eigenvalue weighted by Crippen LogP contribution is -2.45. The van der Waals surface area contributed by atoms with Gasteiger partial charge in [0.2, 0.25) is 15.9 Å². The van der Waals surface area contributed by atoms with Crippen molar-refractivity contribution in [1.29, 1.82) is 0 Å². The molecule has 0 saturated heterocycles. The second-order valence-corrected chi connectivity index (χ2v) is 11.0. The summed E-state index contributed by atoms with van der Waals surface area (Å²) in [4.78, 5) is 25.6. The molecule has 1 atom stereocenters. The van der Waals surface area contributed by atoms with Crippen LogP contribution in [0.1, 0.15) is 15.2 Å². The number of thiophene rings is 1. The molecule has 0 saturated carbocycles. The number of carbonyl (C=O) groups excluding carboxylic acids is 2.